The van der Waals surface area contributed by atoms with Gasteiger partial charge < -0.3 is 5.11 Å². The lowest BCUT2D eigenvalue weighted by Crippen LogP contribution is -2.02. The Morgan fingerprint density at radius 2 is 1.83 bits per heavy atom. The van der Waals surface area contributed by atoms with E-state index in [0.717, 1.165) is 0 Å². The van der Waals surface area contributed by atoms with Crippen LogP contribution in [0.2, 0.25) is 5.02 Å². The van der Waals surface area contributed by atoms with Crippen LogP contribution < -0.4 is 0 Å². The zero-order valence-corrected chi connectivity index (χ0v) is 12.9. The van der Waals surface area contributed by atoms with E-state index in [1.165, 1.54) is 6.07 Å². The quantitative estimate of drug-likeness (QED) is 0.753. The molecule has 0 amide bonds. The second-order valence-corrected chi connectivity index (χ2v) is 5.92. The van der Waals surface area contributed by atoms with Crippen molar-refractivity contribution in [1.82, 2.24) is 0 Å². The highest BCUT2D eigenvalue weighted by molar-refractivity contribution is 9.10. The minimum absolute atomic E-state index is 0.221. The molecule has 1 unspecified atom stereocenters. The number of halogens is 4. The van der Waals surface area contributed by atoms with E-state index in [1.807, 2.05) is 0 Å². The molecule has 0 saturated heterocycles. The van der Waals surface area contributed by atoms with Crippen molar-refractivity contribution in [3.63, 3.8) is 0 Å². The van der Waals surface area contributed by atoms with E-state index < -0.39 is 11.9 Å². The minimum atomic E-state index is -1.03. The molecule has 0 heterocycles. The Kier molecular flexibility index (Phi) is 4.43. The number of aliphatic hydroxyl groups is 1. The fourth-order valence-corrected chi connectivity index (χ4v) is 2.48. The van der Waals surface area contributed by atoms with Crippen molar-refractivity contribution < 1.29 is 9.50 Å². The first kappa shape index (κ1) is 14.0. The molecule has 1 atom stereocenters. The molecule has 1 N–H and O–H groups in total. The van der Waals surface area contributed by atoms with E-state index in [4.69, 9.17) is 11.6 Å². The van der Waals surface area contributed by atoms with Crippen LogP contribution in [0.3, 0.4) is 0 Å². The van der Waals surface area contributed by atoms with Crippen molar-refractivity contribution in [2.45, 2.75) is 6.10 Å². The molecule has 94 valence electrons. The van der Waals surface area contributed by atoms with Gasteiger partial charge in [0.15, 0.2) is 0 Å². The molecule has 0 radical (unpaired) electrons. The van der Waals surface area contributed by atoms with Crippen LogP contribution in [0.5, 0.6) is 0 Å². The molecule has 0 aromatic heterocycles. The second kappa shape index (κ2) is 5.70. The maximum atomic E-state index is 13.7. The Morgan fingerprint density at radius 3 is 2.50 bits per heavy atom. The summed E-state index contributed by atoms with van der Waals surface area (Å²) in [6.45, 7) is 0. The first-order chi connectivity index (χ1) is 8.49. The Labute approximate surface area is 126 Å². The molecule has 2 aromatic carbocycles. The van der Waals surface area contributed by atoms with Crippen LogP contribution in [0.4, 0.5) is 4.39 Å². The Morgan fingerprint density at radius 1 is 1.11 bits per heavy atom. The van der Waals surface area contributed by atoms with E-state index in [0.29, 0.717) is 19.5 Å². The van der Waals surface area contributed by atoms with E-state index in [2.05, 4.69) is 31.9 Å². The number of rotatable bonds is 2. The van der Waals surface area contributed by atoms with E-state index >= 15 is 0 Å². The summed E-state index contributed by atoms with van der Waals surface area (Å²) in [5, 5.41) is 10.7. The summed E-state index contributed by atoms with van der Waals surface area (Å²) >= 11 is 12.4. The first-order valence-corrected chi connectivity index (χ1v) is 7.03. The predicted molar refractivity (Wildman–Crippen MR) is 77.3 cm³/mol. The lowest BCUT2D eigenvalue weighted by Gasteiger charge is -2.13. The zero-order chi connectivity index (χ0) is 13.3. The van der Waals surface area contributed by atoms with Gasteiger partial charge in [0.1, 0.15) is 11.9 Å². The lowest BCUT2D eigenvalue weighted by atomic mass is 10.0. The monoisotopic (exact) mass is 392 g/mol. The molecule has 5 heteroatoms. The standard InChI is InChI=1S/C13H8Br2ClFO/c14-8-2-4-12(17)9(6-8)13(18)7-1-3-11(16)10(15)5-7/h1-6,13,18H. The highest BCUT2D eigenvalue weighted by atomic mass is 79.9. The maximum absolute atomic E-state index is 13.7. The summed E-state index contributed by atoms with van der Waals surface area (Å²) in [5.41, 5.74) is 0.793. The Balaban J connectivity index is 2.44. The molecule has 0 spiro atoms. The average Bonchev–Trinajstić information content (AvgIpc) is 2.35. The van der Waals surface area contributed by atoms with Gasteiger partial charge in [-0.15, -0.1) is 0 Å². The van der Waals surface area contributed by atoms with Crippen LogP contribution in [0.15, 0.2) is 45.3 Å². The van der Waals surface area contributed by atoms with Gasteiger partial charge in [-0.25, -0.2) is 4.39 Å². The number of benzene rings is 2. The maximum Gasteiger partial charge on any atom is 0.129 e. The van der Waals surface area contributed by atoms with E-state index in [1.54, 1.807) is 30.3 Å². The SMILES string of the molecule is OC(c1ccc(Cl)c(Br)c1)c1cc(Br)ccc1F. The predicted octanol–water partition coefficient (Wildman–Crippen LogP) is 5.09. The fraction of sp³-hybridized carbons (Fsp3) is 0.0769. The Hall–Kier alpha value is -0.420. The van der Waals surface area contributed by atoms with Gasteiger partial charge in [-0.3, -0.25) is 0 Å². The van der Waals surface area contributed by atoms with Gasteiger partial charge in [0, 0.05) is 14.5 Å². The van der Waals surface area contributed by atoms with Crippen molar-refractivity contribution in [2.75, 3.05) is 0 Å². The van der Waals surface area contributed by atoms with Crippen molar-refractivity contribution in [1.29, 1.82) is 0 Å². The fourth-order valence-electron chi connectivity index (χ4n) is 1.59. The lowest BCUT2D eigenvalue weighted by molar-refractivity contribution is 0.215. The van der Waals surface area contributed by atoms with Gasteiger partial charge in [0.2, 0.25) is 0 Å². The van der Waals surface area contributed by atoms with Gasteiger partial charge in [-0.1, -0.05) is 33.6 Å². The summed E-state index contributed by atoms with van der Waals surface area (Å²) in [7, 11) is 0. The van der Waals surface area contributed by atoms with Crippen LogP contribution in [0.1, 0.15) is 17.2 Å². The smallest absolute Gasteiger partial charge is 0.129 e. The molecule has 1 nitrogen and oxygen atoms in total. The molecule has 0 fully saturated rings. The molecule has 2 rings (SSSR count). The van der Waals surface area contributed by atoms with Gasteiger partial charge in [-0.2, -0.15) is 0 Å². The van der Waals surface area contributed by atoms with Gasteiger partial charge in [-0.05, 0) is 51.8 Å². The normalized spacial score (nSPS) is 12.5. The summed E-state index contributed by atoms with van der Waals surface area (Å²) in [6, 6.07) is 9.45. The topological polar surface area (TPSA) is 20.2 Å². The molecule has 0 saturated carbocycles. The third-order valence-corrected chi connectivity index (χ3v) is 4.22. The summed E-state index contributed by atoms with van der Waals surface area (Å²) in [6.07, 6.45) is -1.03. The van der Waals surface area contributed by atoms with Crippen LogP contribution in [0, 0.1) is 5.82 Å². The molecule has 0 aliphatic carbocycles. The van der Waals surface area contributed by atoms with Gasteiger partial charge in [0.25, 0.3) is 0 Å². The zero-order valence-electron chi connectivity index (χ0n) is 9.00. The van der Waals surface area contributed by atoms with E-state index in [-0.39, 0.29) is 5.56 Å². The summed E-state index contributed by atoms with van der Waals surface area (Å²) < 4.78 is 15.0. The van der Waals surface area contributed by atoms with Crippen LogP contribution in [-0.2, 0) is 0 Å². The number of aliphatic hydroxyl groups excluding tert-OH is 1. The van der Waals surface area contributed by atoms with Crippen molar-refractivity contribution in [2.24, 2.45) is 0 Å². The van der Waals surface area contributed by atoms with Crippen molar-refractivity contribution in [3.8, 4) is 0 Å². The molecule has 18 heavy (non-hydrogen) atoms. The average molecular weight is 394 g/mol. The Bertz CT molecular complexity index is 589. The third kappa shape index (κ3) is 2.94. The molecule has 0 bridgehead atoms. The van der Waals surface area contributed by atoms with Crippen LogP contribution in [-0.4, -0.2) is 5.11 Å². The molecule has 0 aliphatic heterocycles. The molecular formula is C13H8Br2ClFO. The minimum Gasteiger partial charge on any atom is -0.384 e. The third-order valence-electron chi connectivity index (χ3n) is 2.51. The van der Waals surface area contributed by atoms with Crippen LogP contribution in [0.25, 0.3) is 0 Å². The van der Waals surface area contributed by atoms with Crippen molar-refractivity contribution >= 4 is 43.5 Å². The highest BCUT2D eigenvalue weighted by Crippen LogP contribution is 2.31. The number of hydrogen-bond donors (Lipinski definition) is 1. The van der Waals surface area contributed by atoms with Crippen LogP contribution >= 0.6 is 43.5 Å². The van der Waals surface area contributed by atoms with E-state index in [9.17, 15) is 9.50 Å². The second-order valence-electron chi connectivity index (χ2n) is 3.74. The largest absolute Gasteiger partial charge is 0.384 e. The summed E-state index contributed by atoms with van der Waals surface area (Å²) in [4.78, 5) is 0. The number of hydrogen-bond acceptors (Lipinski definition) is 1. The molecular weight excluding hydrogens is 386 g/mol. The molecule has 2 aromatic rings. The first-order valence-electron chi connectivity index (χ1n) is 5.07. The highest BCUT2D eigenvalue weighted by Gasteiger charge is 2.16. The summed E-state index contributed by atoms with van der Waals surface area (Å²) in [5.74, 6) is -0.447. The molecule has 0 aliphatic rings. The van der Waals surface area contributed by atoms with Gasteiger partial charge >= 0.3 is 0 Å². The van der Waals surface area contributed by atoms with Crippen molar-refractivity contribution in [3.05, 3.63) is 67.3 Å². The van der Waals surface area contributed by atoms with Gasteiger partial charge in [0.05, 0.1) is 5.02 Å².